The maximum absolute atomic E-state index is 13.8. The van der Waals surface area contributed by atoms with E-state index in [-0.39, 0.29) is 11.9 Å². The topological polar surface area (TPSA) is 15.3 Å². The highest BCUT2D eigenvalue weighted by atomic mass is 19.1. The third-order valence-electron chi connectivity index (χ3n) is 3.43. The number of benzene rings is 1. The zero-order valence-electron chi connectivity index (χ0n) is 12.6. The highest BCUT2D eigenvalue weighted by Crippen LogP contribution is 2.20. The molecule has 1 N–H and O–H groups in total. The van der Waals surface area contributed by atoms with Gasteiger partial charge in [0, 0.05) is 18.2 Å². The summed E-state index contributed by atoms with van der Waals surface area (Å²) in [6.45, 7) is 9.79. The number of halogens is 1. The molecule has 1 aromatic rings. The van der Waals surface area contributed by atoms with Gasteiger partial charge in [-0.25, -0.2) is 4.39 Å². The van der Waals surface area contributed by atoms with Gasteiger partial charge in [-0.3, -0.25) is 0 Å². The summed E-state index contributed by atoms with van der Waals surface area (Å²) in [5.41, 5.74) is 0.769. The van der Waals surface area contributed by atoms with E-state index in [4.69, 9.17) is 0 Å². The Bertz CT molecular complexity index is 366. The van der Waals surface area contributed by atoms with Crippen LogP contribution in [0.4, 0.5) is 4.39 Å². The Labute approximate surface area is 117 Å². The lowest BCUT2D eigenvalue weighted by Gasteiger charge is -2.25. The van der Waals surface area contributed by atoms with Crippen LogP contribution in [0.5, 0.6) is 0 Å². The first kappa shape index (κ1) is 16.1. The van der Waals surface area contributed by atoms with Gasteiger partial charge in [-0.2, -0.15) is 0 Å². The lowest BCUT2D eigenvalue weighted by atomic mass is 10.0. The summed E-state index contributed by atoms with van der Waals surface area (Å²) in [4.78, 5) is 2.43. The van der Waals surface area contributed by atoms with E-state index in [2.05, 4.69) is 31.0 Å². The average Bonchev–Trinajstić information content (AvgIpc) is 2.39. The van der Waals surface area contributed by atoms with Crippen LogP contribution in [0, 0.1) is 11.7 Å². The highest BCUT2D eigenvalue weighted by molar-refractivity contribution is 5.21. The molecule has 0 radical (unpaired) electrons. The van der Waals surface area contributed by atoms with Crippen LogP contribution >= 0.6 is 0 Å². The van der Waals surface area contributed by atoms with E-state index in [1.54, 1.807) is 6.07 Å². The zero-order chi connectivity index (χ0) is 14.3. The van der Waals surface area contributed by atoms with E-state index in [1.165, 1.54) is 6.07 Å². The second kappa shape index (κ2) is 8.28. The molecule has 1 rings (SSSR count). The molecule has 1 aromatic carbocycles. The Morgan fingerprint density at radius 1 is 1.26 bits per heavy atom. The van der Waals surface area contributed by atoms with Gasteiger partial charge in [0.15, 0.2) is 0 Å². The lowest BCUT2D eigenvalue weighted by Crippen LogP contribution is -2.31. The molecule has 1 unspecified atom stereocenters. The Kier molecular flexibility index (Phi) is 7.03. The molecular weight excluding hydrogens is 239 g/mol. The number of rotatable bonds is 8. The number of nitrogens with zero attached hydrogens (tertiary/aromatic N) is 1. The summed E-state index contributed by atoms with van der Waals surface area (Å²) in [5, 5.41) is 3.23. The van der Waals surface area contributed by atoms with E-state index >= 15 is 0 Å². The monoisotopic (exact) mass is 266 g/mol. The van der Waals surface area contributed by atoms with Crippen molar-refractivity contribution in [2.45, 2.75) is 33.2 Å². The first-order valence-electron chi connectivity index (χ1n) is 7.22. The molecule has 0 amide bonds. The second-order valence-electron chi connectivity index (χ2n) is 5.44. The predicted octanol–water partition coefficient (Wildman–Crippen LogP) is 3.45. The predicted molar refractivity (Wildman–Crippen MR) is 79.8 cm³/mol. The molecule has 2 nitrogen and oxygen atoms in total. The molecule has 0 aromatic heterocycles. The molecule has 108 valence electrons. The van der Waals surface area contributed by atoms with Crippen molar-refractivity contribution in [1.82, 2.24) is 10.2 Å². The van der Waals surface area contributed by atoms with Crippen LogP contribution in [0.2, 0.25) is 0 Å². The third-order valence-corrected chi connectivity index (χ3v) is 3.43. The SMILES string of the molecule is CCN(CCC(NC)c1ccccc1F)CC(C)C. The van der Waals surface area contributed by atoms with Gasteiger partial charge in [0.2, 0.25) is 0 Å². The van der Waals surface area contributed by atoms with Crippen LogP contribution in [0.1, 0.15) is 38.8 Å². The Balaban J connectivity index is 2.60. The minimum absolute atomic E-state index is 0.0856. The van der Waals surface area contributed by atoms with Crippen molar-refractivity contribution in [3.8, 4) is 0 Å². The number of hydrogen-bond acceptors (Lipinski definition) is 2. The molecule has 0 heterocycles. The average molecular weight is 266 g/mol. The molecule has 0 aliphatic carbocycles. The lowest BCUT2D eigenvalue weighted by molar-refractivity contribution is 0.242. The second-order valence-corrected chi connectivity index (χ2v) is 5.44. The van der Waals surface area contributed by atoms with Gasteiger partial charge in [-0.05, 0) is 38.5 Å². The molecule has 0 saturated heterocycles. The Morgan fingerprint density at radius 2 is 1.95 bits per heavy atom. The van der Waals surface area contributed by atoms with Crippen LogP contribution in [0.25, 0.3) is 0 Å². The number of hydrogen-bond donors (Lipinski definition) is 1. The molecule has 3 heteroatoms. The molecular formula is C16H27FN2. The summed E-state index contributed by atoms with van der Waals surface area (Å²) in [5.74, 6) is 0.551. The van der Waals surface area contributed by atoms with Gasteiger partial charge in [-0.1, -0.05) is 39.0 Å². The fourth-order valence-electron chi connectivity index (χ4n) is 2.42. The largest absolute Gasteiger partial charge is 0.313 e. The molecule has 0 aliphatic heterocycles. The van der Waals surface area contributed by atoms with Crippen molar-refractivity contribution >= 4 is 0 Å². The van der Waals surface area contributed by atoms with Gasteiger partial charge in [0.25, 0.3) is 0 Å². The van der Waals surface area contributed by atoms with Crippen LogP contribution in [-0.4, -0.2) is 31.6 Å². The molecule has 0 saturated carbocycles. The van der Waals surface area contributed by atoms with Gasteiger partial charge < -0.3 is 10.2 Å². The van der Waals surface area contributed by atoms with Gasteiger partial charge >= 0.3 is 0 Å². The minimum atomic E-state index is -0.117. The van der Waals surface area contributed by atoms with Gasteiger partial charge in [0.05, 0.1) is 0 Å². The van der Waals surface area contributed by atoms with E-state index in [9.17, 15) is 4.39 Å². The highest BCUT2D eigenvalue weighted by Gasteiger charge is 2.15. The van der Waals surface area contributed by atoms with Crippen molar-refractivity contribution in [2.75, 3.05) is 26.7 Å². The fraction of sp³-hybridized carbons (Fsp3) is 0.625. The van der Waals surface area contributed by atoms with Crippen molar-refractivity contribution in [1.29, 1.82) is 0 Å². The maximum Gasteiger partial charge on any atom is 0.127 e. The summed E-state index contributed by atoms with van der Waals surface area (Å²) in [6, 6.07) is 7.12. The zero-order valence-corrected chi connectivity index (χ0v) is 12.6. The molecule has 0 fully saturated rings. The van der Waals surface area contributed by atoms with Crippen LogP contribution in [0.3, 0.4) is 0 Å². The Hall–Kier alpha value is -0.930. The molecule has 0 spiro atoms. The summed E-state index contributed by atoms with van der Waals surface area (Å²) < 4.78 is 13.8. The molecule has 0 aliphatic rings. The van der Waals surface area contributed by atoms with Crippen molar-refractivity contribution in [3.63, 3.8) is 0 Å². The van der Waals surface area contributed by atoms with Gasteiger partial charge in [0.1, 0.15) is 5.82 Å². The summed E-state index contributed by atoms with van der Waals surface area (Å²) in [7, 11) is 1.90. The Morgan fingerprint density at radius 3 is 2.47 bits per heavy atom. The fourth-order valence-corrected chi connectivity index (χ4v) is 2.42. The van der Waals surface area contributed by atoms with E-state index < -0.39 is 0 Å². The van der Waals surface area contributed by atoms with E-state index in [0.717, 1.165) is 31.6 Å². The standard InChI is InChI=1S/C16H27FN2/c1-5-19(12-13(2)3)11-10-16(18-4)14-8-6-7-9-15(14)17/h6-9,13,16,18H,5,10-12H2,1-4H3. The van der Waals surface area contributed by atoms with Crippen molar-refractivity contribution in [2.24, 2.45) is 5.92 Å². The van der Waals surface area contributed by atoms with Crippen LogP contribution in [-0.2, 0) is 0 Å². The minimum Gasteiger partial charge on any atom is -0.313 e. The third kappa shape index (κ3) is 5.29. The molecule has 0 bridgehead atoms. The maximum atomic E-state index is 13.8. The first-order valence-corrected chi connectivity index (χ1v) is 7.22. The molecule has 19 heavy (non-hydrogen) atoms. The van der Waals surface area contributed by atoms with Crippen molar-refractivity contribution in [3.05, 3.63) is 35.6 Å². The van der Waals surface area contributed by atoms with E-state index in [0.29, 0.717) is 5.92 Å². The number of nitrogens with one attached hydrogen (secondary N) is 1. The quantitative estimate of drug-likeness (QED) is 0.775. The van der Waals surface area contributed by atoms with Crippen molar-refractivity contribution < 1.29 is 4.39 Å². The summed E-state index contributed by atoms with van der Waals surface area (Å²) >= 11 is 0. The first-order chi connectivity index (χ1) is 9.08. The van der Waals surface area contributed by atoms with Gasteiger partial charge in [-0.15, -0.1) is 0 Å². The van der Waals surface area contributed by atoms with Crippen LogP contribution in [0.15, 0.2) is 24.3 Å². The molecule has 1 atom stereocenters. The van der Waals surface area contributed by atoms with Crippen LogP contribution < -0.4 is 5.32 Å². The normalized spacial score (nSPS) is 13.2. The van der Waals surface area contributed by atoms with E-state index in [1.807, 2.05) is 19.2 Å². The summed E-state index contributed by atoms with van der Waals surface area (Å²) in [6.07, 6.45) is 0.929. The smallest absolute Gasteiger partial charge is 0.127 e.